The van der Waals surface area contributed by atoms with Gasteiger partial charge in [-0.05, 0) is 43.7 Å². The summed E-state index contributed by atoms with van der Waals surface area (Å²) in [6, 6.07) is 7.11. The maximum absolute atomic E-state index is 9.94. The van der Waals surface area contributed by atoms with Gasteiger partial charge in [-0.15, -0.1) is 0 Å². The van der Waals surface area contributed by atoms with Gasteiger partial charge in [0.25, 0.3) is 0 Å². The molecule has 100 valence electrons. The van der Waals surface area contributed by atoms with Crippen molar-refractivity contribution >= 4 is 5.69 Å². The van der Waals surface area contributed by atoms with Gasteiger partial charge in [0, 0.05) is 11.8 Å². The van der Waals surface area contributed by atoms with Gasteiger partial charge in [-0.2, -0.15) is 0 Å². The second-order valence-electron chi connectivity index (χ2n) is 4.48. The largest absolute Gasteiger partial charge is 0.508 e. The fourth-order valence-electron chi connectivity index (χ4n) is 1.93. The monoisotopic (exact) mass is 258 g/mol. The first-order valence-corrected chi connectivity index (χ1v) is 6.16. The fourth-order valence-corrected chi connectivity index (χ4v) is 1.93. The number of phenolic OH excluding ortho intramolecular Hbond substituents is 1. The Kier molecular flexibility index (Phi) is 3.90. The van der Waals surface area contributed by atoms with Gasteiger partial charge >= 0.3 is 0 Å². The number of nitrogens with one attached hydrogen (secondary N) is 1. The van der Waals surface area contributed by atoms with Crippen LogP contribution in [0.25, 0.3) is 0 Å². The van der Waals surface area contributed by atoms with Crippen LogP contribution in [0.5, 0.6) is 11.5 Å². The van der Waals surface area contributed by atoms with Crippen LogP contribution in [0.1, 0.15) is 24.1 Å². The Bertz CT molecular complexity index is 570. The molecular formula is C15H18N2O2. The van der Waals surface area contributed by atoms with Gasteiger partial charge in [0.2, 0.25) is 0 Å². The van der Waals surface area contributed by atoms with E-state index >= 15 is 0 Å². The Morgan fingerprint density at radius 2 is 2.11 bits per heavy atom. The molecule has 2 rings (SSSR count). The molecule has 0 radical (unpaired) electrons. The molecule has 2 N–H and O–H groups in total. The molecule has 0 saturated heterocycles. The predicted molar refractivity (Wildman–Crippen MR) is 75.7 cm³/mol. The first-order valence-electron chi connectivity index (χ1n) is 6.16. The normalized spacial score (nSPS) is 11.9. The third-order valence-electron chi connectivity index (χ3n) is 3.11. The summed E-state index contributed by atoms with van der Waals surface area (Å²) < 4.78 is 5.18. The molecule has 0 aliphatic heterocycles. The lowest BCUT2D eigenvalue weighted by Gasteiger charge is -2.18. The van der Waals surface area contributed by atoms with Crippen molar-refractivity contribution in [3.05, 3.63) is 47.8 Å². The Labute approximate surface area is 113 Å². The summed E-state index contributed by atoms with van der Waals surface area (Å²) in [6.07, 6.45) is 3.54. The maximum atomic E-state index is 9.94. The van der Waals surface area contributed by atoms with Gasteiger partial charge in [0.1, 0.15) is 11.5 Å². The zero-order chi connectivity index (χ0) is 13.8. The summed E-state index contributed by atoms with van der Waals surface area (Å²) in [5.41, 5.74) is 2.86. The molecule has 0 fully saturated rings. The van der Waals surface area contributed by atoms with Crippen LogP contribution < -0.4 is 10.1 Å². The minimum absolute atomic E-state index is 0.0435. The number of nitrogens with zero attached hydrogens (tertiary/aromatic N) is 1. The molecule has 2 aromatic rings. The number of pyridine rings is 1. The van der Waals surface area contributed by atoms with Gasteiger partial charge in [-0.25, -0.2) is 0 Å². The van der Waals surface area contributed by atoms with Crippen LogP contribution in [0.2, 0.25) is 0 Å². The number of hydrogen-bond donors (Lipinski definition) is 2. The van der Waals surface area contributed by atoms with Crippen LogP contribution in [0.15, 0.2) is 36.7 Å². The molecule has 4 heteroatoms. The van der Waals surface area contributed by atoms with Gasteiger partial charge in [0.05, 0.1) is 25.0 Å². The minimum atomic E-state index is -0.0435. The van der Waals surface area contributed by atoms with Crippen molar-refractivity contribution < 1.29 is 9.84 Å². The SMILES string of the molecule is COc1ccc(O)c(C(C)Nc2cnccc2C)c1. The second-order valence-corrected chi connectivity index (χ2v) is 4.48. The molecule has 1 atom stereocenters. The van der Waals surface area contributed by atoms with Crippen molar-refractivity contribution in [3.63, 3.8) is 0 Å². The first kappa shape index (κ1) is 13.2. The zero-order valence-corrected chi connectivity index (χ0v) is 11.3. The van der Waals surface area contributed by atoms with Crippen molar-refractivity contribution in [1.82, 2.24) is 4.98 Å². The quantitative estimate of drug-likeness (QED) is 0.883. The predicted octanol–water partition coefficient (Wildman–Crippen LogP) is 3.28. The molecule has 1 unspecified atom stereocenters. The summed E-state index contributed by atoms with van der Waals surface area (Å²) in [6.45, 7) is 4.00. The van der Waals surface area contributed by atoms with Crippen LogP contribution in [-0.4, -0.2) is 17.2 Å². The third kappa shape index (κ3) is 2.96. The Hall–Kier alpha value is -2.23. The lowest BCUT2D eigenvalue weighted by atomic mass is 10.1. The number of benzene rings is 1. The molecule has 19 heavy (non-hydrogen) atoms. The number of aromatic nitrogens is 1. The van der Waals surface area contributed by atoms with Crippen molar-refractivity contribution in [1.29, 1.82) is 0 Å². The lowest BCUT2D eigenvalue weighted by molar-refractivity contribution is 0.410. The average Bonchev–Trinajstić information content (AvgIpc) is 2.42. The smallest absolute Gasteiger partial charge is 0.121 e. The van der Waals surface area contributed by atoms with E-state index < -0.39 is 0 Å². The Morgan fingerprint density at radius 3 is 2.79 bits per heavy atom. The van der Waals surface area contributed by atoms with Gasteiger partial charge in [0.15, 0.2) is 0 Å². The van der Waals surface area contributed by atoms with Crippen molar-refractivity contribution in [2.75, 3.05) is 12.4 Å². The van der Waals surface area contributed by atoms with E-state index in [1.165, 1.54) is 0 Å². The molecule has 0 bridgehead atoms. The second kappa shape index (κ2) is 5.61. The van der Waals surface area contributed by atoms with Gasteiger partial charge in [-0.3, -0.25) is 4.98 Å². The number of methoxy groups -OCH3 is 1. The van der Waals surface area contributed by atoms with E-state index in [4.69, 9.17) is 4.74 Å². The highest BCUT2D eigenvalue weighted by atomic mass is 16.5. The molecular weight excluding hydrogens is 240 g/mol. The number of anilines is 1. The highest BCUT2D eigenvalue weighted by Crippen LogP contribution is 2.30. The summed E-state index contributed by atoms with van der Waals surface area (Å²) >= 11 is 0. The molecule has 0 amide bonds. The first-order chi connectivity index (χ1) is 9.11. The van der Waals surface area contributed by atoms with E-state index in [-0.39, 0.29) is 11.8 Å². The van der Waals surface area contributed by atoms with Crippen molar-refractivity contribution in [3.8, 4) is 11.5 Å². The number of rotatable bonds is 4. The molecule has 4 nitrogen and oxygen atoms in total. The van der Waals surface area contributed by atoms with Crippen LogP contribution in [-0.2, 0) is 0 Å². The molecule has 0 aliphatic carbocycles. The molecule has 1 aromatic heterocycles. The van der Waals surface area contributed by atoms with E-state index in [9.17, 15) is 5.11 Å². The third-order valence-corrected chi connectivity index (χ3v) is 3.11. The highest BCUT2D eigenvalue weighted by Gasteiger charge is 2.12. The molecule has 0 aliphatic rings. The zero-order valence-electron chi connectivity index (χ0n) is 11.3. The maximum Gasteiger partial charge on any atom is 0.121 e. The number of aryl methyl sites for hydroxylation is 1. The molecule has 0 spiro atoms. The van der Waals surface area contributed by atoms with E-state index in [1.807, 2.05) is 26.0 Å². The molecule has 1 heterocycles. The molecule has 1 aromatic carbocycles. The summed E-state index contributed by atoms with van der Waals surface area (Å²) in [5, 5.41) is 13.3. The number of phenols is 1. The van der Waals surface area contributed by atoms with Crippen molar-refractivity contribution in [2.45, 2.75) is 19.9 Å². The topological polar surface area (TPSA) is 54.4 Å². The van der Waals surface area contributed by atoms with E-state index in [0.717, 1.165) is 22.6 Å². The fraction of sp³-hybridized carbons (Fsp3) is 0.267. The number of ether oxygens (including phenoxy) is 1. The van der Waals surface area contributed by atoms with Crippen LogP contribution in [0.4, 0.5) is 5.69 Å². The minimum Gasteiger partial charge on any atom is -0.508 e. The van der Waals surface area contributed by atoms with Crippen LogP contribution in [0, 0.1) is 6.92 Å². The Morgan fingerprint density at radius 1 is 1.32 bits per heavy atom. The number of hydrogen-bond acceptors (Lipinski definition) is 4. The number of aromatic hydroxyl groups is 1. The Balaban J connectivity index is 2.25. The van der Waals surface area contributed by atoms with E-state index in [0.29, 0.717) is 0 Å². The lowest BCUT2D eigenvalue weighted by Crippen LogP contribution is -2.08. The standard InChI is InChI=1S/C15H18N2O2/c1-10-6-7-16-9-14(10)17-11(2)13-8-12(19-3)4-5-15(13)18/h4-9,11,17-18H,1-3H3. The van der Waals surface area contributed by atoms with E-state index in [2.05, 4.69) is 10.3 Å². The van der Waals surface area contributed by atoms with E-state index in [1.54, 1.807) is 31.6 Å². The van der Waals surface area contributed by atoms with Gasteiger partial charge in [-0.1, -0.05) is 0 Å². The molecule has 0 saturated carbocycles. The average molecular weight is 258 g/mol. The van der Waals surface area contributed by atoms with Crippen molar-refractivity contribution in [2.24, 2.45) is 0 Å². The summed E-state index contributed by atoms with van der Waals surface area (Å²) in [7, 11) is 1.61. The van der Waals surface area contributed by atoms with Crippen LogP contribution >= 0.6 is 0 Å². The van der Waals surface area contributed by atoms with Crippen LogP contribution in [0.3, 0.4) is 0 Å². The van der Waals surface area contributed by atoms with Gasteiger partial charge < -0.3 is 15.2 Å². The highest BCUT2D eigenvalue weighted by molar-refractivity contribution is 5.52. The summed E-state index contributed by atoms with van der Waals surface area (Å²) in [4.78, 5) is 4.10. The summed E-state index contributed by atoms with van der Waals surface area (Å²) in [5.74, 6) is 0.978.